The second-order valence-corrected chi connectivity index (χ2v) is 6.20. The number of hydrogen-bond donors (Lipinski definition) is 1. The van der Waals surface area contributed by atoms with Crippen LogP contribution >= 0.6 is 0 Å². The molecule has 6 nitrogen and oxygen atoms in total. The molecular weight excluding hydrogens is 268 g/mol. The van der Waals surface area contributed by atoms with Crippen molar-refractivity contribution in [3.8, 4) is 0 Å². The molecule has 21 heavy (non-hydrogen) atoms. The first kappa shape index (κ1) is 14.7. The van der Waals surface area contributed by atoms with Gasteiger partial charge in [0.2, 0.25) is 5.95 Å². The summed E-state index contributed by atoms with van der Waals surface area (Å²) in [5.41, 5.74) is 0. The second kappa shape index (κ2) is 6.25. The van der Waals surface area contributed by atoms with Crippen LogP contribution in [0.2, 0.25) is 0 Å². The standard InChI is InChI=1S/C15H24N4O2/c1-15(2)20-10-13(11-21-15)18-12-4-8-19(9-5-12)14-16-6-3-7-17-14/h3,6-7,12-13,18H,4-5,8-11H2,1-2H3. The number of hydrogen-bond acceptors (Lipinski definition) is 6. The van der Waals surface area contributed by atoms with Crippen LogP contribution in [0.15, 0.2) is 18.5 Å². The zero-order valence-electron chi connectivity index (χ0n) is 12.8. The quantitative estimate of drug-likeness (QED) is 0.903. The number of rotatable bonds is 3. The van der Waals surface area contributed by atoms with Crippen LogP contribution in [0.4, 0.5) is 5.95 Å². The Balaban J connectivity index is 1.44. The van der Waals surface area contributed by atoms with Gasteiger partial charge in [0.05, 0.1) is 19.3 Å². The molecule has 6 heteroatoms. The summed E-state index contributed by atoms with van der Waals surface area (Å²) in [4.78, 5) is 10.9. The number of nitrogens with one attached hydrogen (secondary N) is 1. The summed E-state index contributed by atoms with van der Waals surface area (Å²) in [5.74, 6) is 0.397. The summed E-state index contributed by atoms with van der Waals surface area (Å²) < 4.78 is 11.4. The van der Waals surface area contributed by atoms with Gasteiger partial charge < -0.3 is 19.7 Å². The van der Waals surface area contributed by atoms with Crippen molar-refractivity contribution < 1.29 is 9.47 Å². The van der Waals surface area contributed by atoms with Crippen LogP contribution in [0.1, 0.15) is 26.7 Å². The van der Waals surface area contributed by atoms with Crippen LogP contribution in [0, 0.1) is 0 Å². The minimum absolute atomic E-state index is 0.294. The van der Waals surface area contributed by atoms with Gasteiger partial charge in [0.25, 0.3) is 0 Å². The van der Waals surface area contributed by atoms with E-state index >= 15 is 0 Å². The van der Waals surface area contributed by atoms with E-state index in [0.717, 1.165) is 45.1 Å². The van der Waals surface area contributed by atoms with E-state index in [4.69, 9.17) is 9.47 Å². The molecule has 0 aliphatic carbocycles. The molecule has 1 aromatic heterocycles. The average molecular weight is 292 g/mol. The van der Waals surface area contributed by atoms with E-state index in [1.165, 1.54) is 0 Å². The van der Waals surface area contributed by atoms with Crippen LogP contribution in [0.25, 0.3) is 0 Å². The minimum Gasteiger partial charge on any atom is -0.349 e. The van der Waals surface area contributed by atoms with Crippen LogP contribution in [-0.4, -0.2) is 54.1 Å². The van der Waals surface area contributed by atoms with E-state index in [1.807, 2.05) is 19.9 Å². The molecule has 0 unspecified atom stereocenters. The largest absolute Gasteiger partial charge is 0.349 e. The van der Waals surface area contributed by atoms with Crippen LogP contribution in [-0.2, 0) is 9.47 Å². The first-order chi connectivity index (χ1) is 10.1. The van der Waals surface area contributed by atoms with E-state index in [-0.39, 0.29) is 0 Å². The first-order valence-corrected chi connectivity index (χ1v) is 7.68. The maximum atomic E-state index is 5.69. The summed E-state index contributed by atoms with van der Waals surface area (Å²) in [6, 6.07) is 2.66. The van der Waals surface area contributed by atoms with Gasteiger partial charge in [-0.1, -0.05) is 0 Å². The van der Waals surface area contributed by atoms with Crippen LogP contribution in [0.5, 0.6) is 0 Å². The predicted octanol–water partition coefficient (Wildman–Crippen LogP) is 1.19. The third-order valence-corrected chi connectivity index (χ3v) is 4.07. The minimum atomic E-state index is -0.438. The van der Waals surface area contributed by atoms with Gasteiger partial charge in [0.15, 0.2) is 5.79 Å². The van der Waals surface area contributed by atoms with Crippen molar-refractivity contribution in [3.63, 3.8) is 0 Å². The lowest BCUT2D eigenvalue weighted by molar-refractivity contribution is -0.253. The molecule has 3 heterocycles. The number of aromatic nitrogens is 2. The molecule has 0 radical (unpaired) electrons. The van der Waals surface area contributed by atoms with Crippen molar-refractivity contribution in [2.45, 2.75) is 44.6 Å². The van der Waals surface area contributed by atoms with Crippen LogP contribution < -0.4 is 10.2 Å². The number of nitrogens with zero attached hydrogens (tertiary/aromatic N) is 3. The van der Waals surface area contributed by atoms with Gasteiger partial charge in [-0.3, -0.25) is 0 Å². The maximum Gasteiger partial charge on any atom is 0.225 e. The Bertz CT molecular complexity index is 436. The average Bonchev–Trinajstić information content (AvgIpc) is 2.51. The Kier molecular flexibility index (Phi) is 4.37. The molecule has 2 fully saturated rings. The third kappa shape index (κ3) is 3.90. The molecule has 2 saturated heterocycles. The zero-order valence-corrected chi connectivity index (χ0v) is 12.8. The molecule has 2 aliphatic rings. The molecule has 2 aliphatic heterocycles. The fourth-order valence-electron chi connectivity index (χ4n) is 2.82. The first-order valence-electron chi connectivity index (χ1n) is 7.68. The Morgan fingerprint density at radius 3 is 2.33 bits per heavy atom. The molecule has 3 rings (SSSR count). The Morgan fingerprint density at radius 1 is 1.10 bits per heavy atom. The second-order valence-electron chi connectivity index (χ2n) is 6.20. The molecule has 0 spiro atoms. The molecule has 0 amide bonds. The van der Waals surface area contributed by atoms with Crippen molar-refractivity contribution in [2.24, 2.45) is 0 Å². The summed E-state index contributed by atoms with van der Waals surface area (Å²) in [7, 11) is 0. The predicted molar refractivity (Wildman–Crippen MR) is 80.2 cm³/mol. The van der Waals surface area contributed by atoms with E-state index in [0.29, 0.717) is 12.1 Å². The fraction of sp³-hybridized carbons (Fsp3) is 0.733. The van der Waals surface area contributed by atoms with Gasteiger partial charge in [-0.2, -0.15) is 0 Å². The van der Waals surface area contributed by atoms with Gasteiger partial charge in [-0.25, -0.2) is 9.97 Å². The van der Waals surface area contributed by atoms with Gasteiger partial charge in [0, 0.05) is 31.5 Å². The van der Waals surface area contributed by atoms with Crippen molar-refractivity contribution in [1.29, 1.82) is 0 Å². The highest BCUT2D eigenvalue weighted by Crippen LogP contribution is 2.19. The van der Waals surface area contributed by atoms with Crippen molar-refractivity contribution in [3.05, 3.63) is 18.5 Å². The number of piperidine rings is 1. The van der Waals surface area contributed by atoms with E-state index < -0.39 is 5.79 Å². The normalized spacial score (nSPS) is 24.2. The highest BCUT2D eigenvalue weighted by Gasteiger charge is 2.30. The highest BCUT2D eigenvalue weighted by molar-refractivity contribution is 5.29. The van der Waals surface area contributed by atoms with Crippen molar-refractivity contribution >= 4 is 5.95 Å². The molecule has 116 valence electrons. The Hall–Kier alpha value is -1.24. The molecule has 1 aromatic rings. The maximum absolute atomic E-state index is 5.69. The van der Waals surface area contributed by atoms with E-state index in [2.05, 4.69) is 20.2 Å². The topological polar surface area (TPSA) is 59.5 Å². The van der Waals surface area contributed by atoms with Gasteiger partial charge in [-0.05, 0) is 32.8 Å². The number of ether oxygens (including phenoxy) is 2. The summed E-state index contributed by atoms with van der Waals surface area (Å²) in [5, 5.41) is 3.65. The molecule has 0 saturated carbocycles. The lowest BCUT2D eigenvalue weighted by Gasteiger charge is -2.39. The number of anilines is 1. The van der Waals surface area contributed by atoms with E-state index in [9.17, 15) is 0 Å². The summed E-state index contributed by atoms with van der Waals surface area (Å²) in [6.07, 6.45) is 5.78. The van der Waals surface area contributed by atoms with Crippen molar-refractivity contribution in [2.75, 3.05) is 31.2 Å². The SMILES string of the molecule is CC1(C)OCC(NC2CCN(c3ncccn3)CC2)CO1. The van der Waals surface area contributed by atoms with E-state index in [1.54, 1.807) is 12.4 Å². The van der Waals surface area contributed by atoms with Crippen molar-refractivity contribution in [1.82, 2.24) is 15.3 Å². The summed E-state index contributed by atoms with van der Waals surface area (Å²) in [6.45, 7) is 7.33. The molecule has 0 bridgehead atoms. The fourth-order valence-corrected chi connectivity index (χ4v) is 2.82. The lowest BCUT2D eigenvalue weighted by atomic mass is 10.0. The molecule has 0 atom stereocenters. The third-order valence-electron chi connectivity index (χ3n) is 4.07. The monoisotopic (exact) mass is 292 g/mol. The van der Waals surface area contributed by atoms with Gasteiger partial charge >= 0.3 is 0 Å². The van der Waals surface area contributed by atoms with Gasteiger partial charge in [-0.15, -0.1) is 0 Å². The molecule has 0 aromatic carbocycles. The zero-order chi connectivity index (χ0) is 14.7. The Labute approximate surface area is 125 Å². The smallest absolute Gasteiger partial charge is 0.225 e. The lowest BCUT2D eigenvalue weighted by Crippen LogP contribution is -2.53. The molecular formula is C15H24N4O2. The highest BCUT2D eigenvalue weighted by atomic mass is 16.7. The summed E-state index contributed by atoms with van der Waals surface area (Å²) >= 11 is 0. The Morgan fingerprint density at radius 2 is 1.71 bits per heavy atom. The molecule has 1 N–H and O–H groups in total. The van der Waals surface area contributed by atoms with Gasteiger partial charge in [0.1, 0.15) is 0 Å². The van der Waals surface area contributed by atoms with Crippen LogP contribution in [0.3, 0.4) is 0 Å².